The zero-order chi connectivity index (χ0) is 18.6. The van der Waals surface area contributed by atoms with Crippen molar-refractivity contribution in [1.29, 1.82) is 0 Å². The van der Waals surface area contributed by atoms with E-state index in [2.05, 4.69) is 40.5 Å². The molecule has 4 aromatic carbocycles. The maximum atomic E-state index is 13.4. The molecular formula is C25H15IO. The van der Waals surface area contributed by atoms with Crippen molar-refractivity contribution in [3.8, 4) is 11.8 Å². The maximum absolute atomic E-state index is 13.4. The third-order valence-corrected chi connectivity index (χ3v) is 5.22. The second-order valence-corrected chi connectivity index (χ2v) is 7.30. The Hall–Kier alpha value is -2.90. The van der Waals surface area contributed by atoms with Gasteiger partial charge in [-0.1, -0.05) is 84.6 Å². The first-order valence-corrected chi connectivity index (χ1v) is 9.70. The quantitative estimate of drug-likeness (QED) is 0.202. The fourth-order valence-electron chi connectivity index (χ4n) is 3.06. The molecule has 0 unspecified atom stereocenters. The topological polar surface area (TPSA) is 17.1 Å². The summed E-state index contributed by atoms with van der Waals surface area (Å²) < 4.78 is 0.981. The van der Waals surface area contributed by atoms with Crippen molar-refractivity contribution < 1.29 is 4.79 Å². The van der Waals surface area contributed by atoms with Crippen LogP contribution in [0.2, 0.25) is 0 Å². The summed E-state index contributed by atoms with van der Waals surface area (Å²) in [5.74, 6) is 6.47. The van der Waals surface area contributed by atoms with E-state index in [-0.39, 0.29) is 5.78 Å². The third-order valence-electron chi connectivity index (χ3n) is 4.37. The van der Waals surface area contributed by atoms with E-state index in [1.165, 1.54) is 0 Å². The molecule has 0 atom stereocenters. The molecular weight excluding hydrogens is 443 g/mol. The van der Waals surface area contributed by atoms with Crippen molar-refractivity contribution in [1.82, 2.24) is 0 Å². The Balaban J connectivity index is 1.97. The molecule has 0 saturated carbocycles. The van der Waals surface area contributed by atoms with Crippen LogP contribution in [0, 0.1) is 15.4 Å². The summed E-state index contributed by atoms with van der Waals surface area (Å²) in [6.45, 7) is 0. The van der Waals surface area contributed by atoms with Crippen molar-refractivity contribution in [3.63, 3.8) is 0 Å². The molecule has 0 N–H and O–H groups in total. The molecule has 0 fully saturated rings. The smallest absolute Gasteiger partial charge is 0.194 e. The zero-order valence-corrected chi connectivity index (χ0v) is 16.6. The van der Waals surface area contributed by atoms with Crippen LogP contribution < -0.4 is 0 Å². The summed E-state index contributed by atoms with van der Waals surface area (Å²) in [5, 5.41) is 1.98. The van der Waals surface area contributed by atoms with Gasteiger partial charge in [-0.15, -0.1) is 0 Å². The number of carbonyl (C=O) groups is 1. The van der Waals surface area contributed by atoms with E-state index in [9.17, 15) is 4.79 Å². The van der Waals surface area contributed by atoms with Crippen LogP contribution in [-0.4, -0.2) is 5.78 Å². The largest absolute Gasteiger partial charge is 0.289 e. The fraction of sp³-hybridized carbons (Fsp3) is 0. The van der Waals surface area contributed by atoms with Crippen LogP contribution in [0.4, 0.5) is 0 Å². The second kappa shape index (κ2) is 7.77. The average molecular weight is 458 g/mol. The zero-order valence-electron chi connectivity index (χ0n) is 14.4. The van der Waals surface area contributed by atoms with Crippen molar-refractivity contribution in [2.24, 2.45) is 0 Å². The summed E-state index contributed by atoms with van der Waals surface area (Å²) in [4.78, 5) is 13.4. The van der Waals surface area contributed by atoms with Gasteiger partial charge >= 0.3 is 0 Å². The van der Waals surface area contributed by atoms with Gasteiger partial charge in [0.25, 0.3) is 0 Å². The van der Waals surface area contributed by atoms with Crippen LogP contribution in [0.5, 0.6) is 0 Å². The van der Waals surface area contributed by atoms with Crippen LogP contribution in [0.25, 0.3) is 10.8 Å². The van der Waals surface area contributed by atoms with E-state index < -0.39 is 0 Å². The van der Waals surface area contributed by atoms with Crippen LogP contribution in [-0.2, 0) is 0 Å². The minimum atomic E-state index is 0.00248. The van der Waals surface area contributed by atoms with E-state index in [0.717, 1.165) is 25.5 Å². The minimum absolute atomic E-state index is 0.00248. The standard InChI is InChI=1S/C25H15IO/c26-23-17-20-13-7-8-14-21(20)24(25(27)19-11-5-2-6-12-19)22(23)16-15-18-9-3-1-4-10-18/h1-14,17H. The van der Waals surface area contributed by atoms with Gasteiger partial charge in [0, 0.05) is 20.3 Å². The van der Waals surface area contributed by atoms with Gasteiger partial charge in [-0.25, -0.2) is 0 Å². The molecule has 0 aliphatic heterocycles. The lowest BCUT2D eigenvalue weighted by Crippen LogP contribution is -2.06. The second-order valence-electron chi connectivity index (χ2n) is 6.14. The number of fused-ring (bicyclic) bond motifs is 1. The summed E-state index contributed by atoms with van der Waals surface area (Å²) in [5.41, 5.74) is 3.06. The summed E-state index contributed by atoms with van der Waals surface area (Å²) in [7, 11) is 0. The van der Waals surface area contributed by atoms with E-state index in [0.29, 0.717) is 11.1 Å². The van der Waals surface area contributed by atoms with Crippen LogP contribution >= 0.6 is 22.6 Å². The van der Waals surface area contributed by atoms with Gasteiger partial charge in [-0.3, -0.25) is 4.79 Å². The lowest BCUT2D eigenvalue weighted by molar-refractivity contribution is 0.104. The molecule has 0 spiro atoms. The number of ketones is 1. The molecule has 0 radical (unpaired) electrons. The highest BCUT2D eigenvalue weighted by molar-refractivity contribution is 14.1. The van der Waals surface area contributed by atoms with E-state index in [4.69, 9.17) is 0 Å². The third kappa shape index (κ3) is 3.65. The average Bonchev–Trinajstić information content (AvgIpc) is 2.73. The molecule has 0 heterocycles. The Labute approximate surface area is 172 Å². The molecule has 0 bridgehead atoms. The molecule has 0 saturated heterocycles. The van der Waals surface area contributed by atoms with Gasteiger partial charge in [0.05, 0.1) is 5.56 Å². The highest BCUT2D eigenvalue weighted by Gasteiger charge is 2.18. The lowest BCUT2D eigenvalue weighted by atomic mass is 9.92. The number of hydrogen-bond acceptors (Lipinski definition) is 1. The first kappa shape index (κ1) is 17.5. The summed E-state index contributed by atoms with van der Waals surface area (Å²) in [6.07, 6.45) is 0. The minimum Gasteiger partial charge on any atom is -0.289 e. The van der Waals surface area contributed by atoms with Crippen LogP contribution in [0.15, 0.2) is 91.0 Å². The number of halogens is 1. The van der Waals surface area contributed by atoms with E-state index in [1.54, 1.807) is 0 Å². The van der Waals surface area contributed by atoms with Crippen molar-refractivity contribution in [2.75, 3.05) is 0 Å². The normalized spacial score (nSPS) is 10.3. The Bertz CT molecular complexity index is 1180. The predicted octanol–water partition coefficient (Wildman–Crippen LogP) is 6.08. The van der Waals surface area contributed by atoms with Crippen LogP contribution in [0.1, 0.15) is 27.0 Å². The van der Waals surface area contributed by atoms with Gasteiger partial charge in [0.15, 0.2) is 5.78 Å². The van der Waals surface area contributed by atoms with Gasteiger partial charge < -0.3 is 0 Å². The molecule has 0 aliphatic carbocycles. The molecule has 128 valence electrons. The van der Waals surface area contributed by atoms with E-state index in [1.807, 2.05) is 84.9 Å². The molecule has 27 heavy (non-hydrogen) atoms. The summed E-state index contributed by atoms with van der Waals surface area (Å²) in [6, 6.07) is 29.3. The van der Waals surface area contributed by atoms with Crippen molar-refractivity contribution >= 4 is 39.1 Å². The number of benzene rings is 4. The predicted molar refractivity (Wildman–Crippen MR) is 119 cm³/mol. The maximum Gasteiger partial charge on any atom is 0.194 e. The SMILES string of the molecule is O=C(c1ccccc1)c1c(C#Cc2ccccc2)c(I)cc2ccccc12. The van der Waals surface area contributed by atoms with Crippen molar-refractivity contribution in [2.45, 2.75) is 0 Å². The molecule has 2 heteroatoms. The highest BCUT2D eigenvalue weighted by atomic mass is 127. The summed E-state index contributed by atoms with van der Waals surface area (Å²) >= 11 is 2.27. The first-order chi connectivity index (χ1) is 13.2. The Morgan fingerprint density at radius 3 is 2.11 bits per heavy atom. The van der Waals surface area contributed by atoms with Crippen LogP contribution in [0.3, 0.4) is 0 Å². The van der Waals surface area contributed by atoms with Gasteiger partial charge in [0.2, 0.25) is 0 Å². The Kier molecular flexibility index (Phi) is 5.04. The van der Waals surface area contributed by atoms with Gasteiger partial charge in [-0.05, 0) is 51.6 Å². The molecule has 0 amide bonds. The molecule has 0 aromatic heterocycles. The molecule has 4 rings (SSSR count). The monoisotopic (exact) mass is 458 g/mol. The lowest BCUT2D eigenvalue weighted by Gasteiger charge is -2.11. The molecule has 4 aromatic rings. The number of rotatable bonds is 2. The fourth-order valence-corrected chi connectivity index (χ4v) is 3.80. The number of hydrogen-bond donors (Lipinski definition) is 0. The molecule has 1 nitrogen and oxygen atoms in total. The van der Waals surface area contributed by atoms with Crippen molar-refractivity contribution in [3.05, 3.63) is 117 Å². The highest BCUT2D eigenvalue weighted by Crippen LogP contribution is 2.29. The molecule has 0 aliphatic rings. The Morgan fingerprint density at radius 2 is 1.37 bits per heavy atom. The first-order valence-electron chi connectivity index (χ1n) is 8.62. The van der Waals surface area contributed by atoms with E-state index >= 15 is 0 Å². The Morgan fingerprint density at radius 1 is 0.741 bits per heavy atom. The number of carbonyl (C=O) groups excluding carboxylic acids is 1. The van der Waals surface area contributed by atoms with Gasteiger partial charge in [-0.2, -0.15) is 0 Å². The van der Waals surface area contributed by atoms with Gasteiger partial charge in [0.1, 0.15) is 0 Å².